The second kappa shape index (κ2) is 12.5. The Morgan fingerprint density at radius 2 is 1.88 bits per heavy atom. The van der Waals surface area contributed by atoms with Crippen molar-refractivity contribution in [3.63, 3.8) is 0 Å². The number of para-hydroxylation sites is 1. The number of hydrogen-bond acceptors (Lipinski definition) is 6. The summed E-state index contributed by atoms with van der Waals surface area (Å²) >= 11 is 1.47. The van der Waals surface area contributed by atoms with Crippen LogP contribution in [0.1, 0.15) is 110 Å². The minimum absolute atomic E-state index is 0.0615. The van der Waals surface area contributed by atoms with Gasteiger partial charge in [-0.1, -0.05) is 42.6 Å². The van der Waals surface area contributed by atoms with E-state index in [0.717, 1.165) is 38.5 Å². The molecule has 1 saturated heterocycles. The standard InChI is InChI=1S/C29H32F4N5O2S/c30-27(31)21-13-23(28(32)33)38(36-21)26-12-18(10-11-34-26)29-35-22(16-41-29)20-14-25(40-37-20)19-8-4-5-9-24(19)39-15-17-6-2-1-3-7-17/h4-5,8-9,13,16-18,25-28H,1-3,6-7,10-12,14-15H2. The molecule has 2 aromatic heterocycles. The van der Waals surface area contributed by atoms with Gasteiger partial charge in [0.15, 0.2) is 6.10 Å². The molecule has 0 spiro atoms. The van der Waals surface area contributed by atoms with Crippen molar-refractivity contribution in [1.29, 1.82) is 0 Å². The van der Waals surface area contributed by atoms with Gasteiger partial charge in [0.2, 0.25) is 0 Å². The summed E-state index contributed by atoms with van der Waals surface area (Å²) in [6, 6.07) is 8.70. The summed E-state index contributed by atoms with van der Waals surface area (Å²) in [5, 5.41) is 15.3. The van der Waals surface area contributed by atoms with E-state index < -0.39 is 30.4 Å². The van der Waals surface area contributed by atoms with Crippen molar-refractivity contribution in [2.24, 2.45) is 11.1 Å². The molecule has 219 valence electrons. The van der Waals surface area contributed by atoms with Gasteiger partial charge in [0.25, 0.3) is 12.9 Å². The number of piperidine rings is 1. The fraction of sp³-hybridized carbons (Fsp3) is 0.552. The van der Waals surface area contributed by atoms with E-state index in [0.29, 0.717) is 38.3 Å². The largest absolute Gasteiger partial charge is 0.493 e. The maximum Gasteiger partial charge on any atom is 0.282 e. The van der Waals surface area contributed by atoms with E-state index in [1.165, 1.54) is 43.4 Å². The fourth-order valence-corrected chi connectivity index (χ4v) is 6.89. The first kappa shape index (κ1) is 28.1. The molecule has 3 unspecified atom stereocenters. The van der Waals surface area contributed by atoms with Gasteiger partial charge in [-0.3, -0.25) is 0 Å². The highest BCUT2D eigenvalue weighted by Gasteiger charge is 2.33. The predicted molar refractivity (Wildman–Crippen MR) is 146 cm³/mol. The van der Waals surface area contributed by atoms with Crippen molar-refractivity contribution in [1.82, 2.24) is 20.1 Å². The van der Waals surface area contributed by atoms with Crippen LogP contribution in [0, 0.1) is 5.92 Å². The Labute approximate surface area is 239 Å². The van der Waals surface area contributed by atoms with Crippen LogP contribution in [-0.4, -0.2) is 33.6 Å². The van der Waals surface area contributed by atoms with E-state index in [-0.39, 0.29) is 12.0 Å². The zero-order valence-electron chi connectivity index (χ0n) is 22.5. The molecule has 7 nitrogen and oxygen atoms in total. The number of aromatic nitrogens is 3. The molecule has 3 aromatic rings. The minimum atomic E-state index is -2.93. The van der Waals surface area contributed by atoms with Gasteiger partial charge in [-0.25, -0.2) is 32.5 Å². The number of alkyl halides is 4. The van der Waals surface area contributed by atoms with Gasteiger partial charge in [-0.05, 0) is 43.7 Å². The molecule has 41 heavy (non-hydrogen) atoms. The van der Waals surface area contributed by atoms with E-state index in [2.05, 4.69) is 15.6 Å². The smallest absolute Gasteiger partial charge is 0.282 e. The number of rotatable bonds is 9. The van der Waals surface area contributed by atoms with Crippen LogP contribution in [-0.2, 0) is 4.84 Å². The van der Waals surface area contributed by atoms with Crippen LogP contribution in [0.15, 0.2) is 40.9 Å². The van der Waals surface area contributed by atoms with Gasteiger partial charge >= 0.3 is 0 Å². The van der Waals surface area contributed by atoms with Crippen LogP contribution >= 0.6 is 11.3 Å². The quantitative estimate of drug-likeness (QED) is 0.239. The lowest BCUT2D eigenvalue weighted by atomic mass is 9.90. The number of benzene rings is 1. The highest BCUT2D eigenvalue weighted by molar-refractivity contribution is 7.10. The summed E-state index contributed by atoms with van der Waals surface area (Å²) in [6.07, 6.45) is 0.993. The summed E-state index contributed by atoms with van der Waals surface area (Å²) in [5.41, 5.74) is 1.22. The van der Waals surface area contributed by atoms with Gasteiger partial charge in [-0.15, -0.1) is 11.3 Å². The topological polar surface area (TPSA) is 75.6 Å². The molecule has 1 saturated carbocycles. The van der Waals surface area contributed by atoms with Gasteiger partial charge in [-0.2, -0.15) is 5.10 Å². The van der Waals surface area contributed by atoms with Crippen molar-refractivity contribution in [2.75, 3.05) is 13.2 Å². The highest BCUT2D eigenvalue weighted by atomic mass is 32.1. The third-order valence-corrected chi connectivity index (χ3v) is 9.13. The van der Waals surface area contributed by atoms with Crippen LogP contribution in [0.4, 0.5) is 17.6 Å². The minimum Gasteiger partial charge on any atom is -0.493 e. The van der Waals surface area contributed by atoms with Crippen molar-refractivity contribution >= 4 is 17.0 Å². The van der Waals surface area contributed by atoms with E-state index >= 15 is 0 Å². The van der Waals surface area contributed by atoms with Gasteiger partial charge in [0.1, 0.15) is 29.0 Å². The molecule has 2 fully saturated rings. The lowest BCUT2D eigenvalue weighted by Crippen LogP contribution is -2.31. The first-order valence-corrected chi connectivity index (χ1v) is 15.1. The first-order chi connectivity index (χ1) is 20.0. The van der Waals surface area contributed by atoms with Crippen molar-refractivity contribution < 1.29 is 27.1 Å². The van der Waals surface area contributed by atoms with E-state index in [9.17, 15) is 17.6 Å². The maximum atomic E-state index is 13.6. The third-order valence-electron chi connectivity index (χ3n) is 8.13. The highest BCUT2D eigenvalue weighted by Crippen LogP contribution is 2.39. The summed E-state index contributed by atoms with van der Waals surface area (Å²) in [5.74, 6) is 1.36. The molecule has 0 N–H and O–H groups in total. The van der Waals surface area contributed by atoms with E-state index in [4.69, 9.17) is 14.6 Å². The Morgan fingerprint density at radius 1 is 1.05 bits per heavy atom. The molecule has 12 heteroatoms. The second-order valence-electron chi connectivity index (χ2n) is 10.9. The third kappa shape index (κ3) is 6.28. The molecule has 6 rings (SSSR count). The Hall–Kier alpha value is -2.99. The van der Waals surface area contributed by atoms with E-state index in [1.807, 2.05) is 29.6 Å². The Balaban J connectivity index is 1.11. The summed E-state index contributed by atoms with van der Waals surface area (Å²) in [7, 11) is 0. The van der Waals surface area contributed by atoms with Crippen molar-refractivity contribution in [3.05, 3.63) is 63.4 Å². The summed E-state index contributed by atoms with van der Waals surface area (Å²) in [4.78, 5) is 10.7. The van der Waals surface area contributed by atoms with Gasteiger partial charge < -0.3 is 9.57 Å². The first-order valence-electron chi connectivity index (χ1n) is 14.2. The molecule has 4 heterocycles. The normalized spacial score (nSPS) is 23.7. The number of thiazole rings is 1. The number of hydrogen-bond donors (Lipinski definition) is 0. The lowest BCUT2D eigenvalue weighted by Gasteiger charge is -2.29. The van der Waals surface area contributed by atoms with Gasteiger partial charge in [0.05, 0.1) is 17.3 Å². The van der Waals surface area contributed by atoms with Crippen LogP contribution in [0.3, 0.4) is 0 Å². The molecular weight excluding hydrogens is 558 g/mol. The molecule has 3 atom stereocenters. The average molecular weight is 591 g/mol. The van der Waals surface area contributed by atoms with Crippen LogP contribution in [0.2, 0.25) is 0 Å². The molecule has 1 radical (unpaired) electrons. The summed E-state index contributed by atoms with van der Waals surface area (Å²) < 4.78 is 60.7. The zero-order chi connectivity index (χ0) is 28.3. The number of oxime groups is 1. The van der Waals surface area contributed by atoms with Crippen LogP contribution in [0.5, 0.6) is 5.75 Å². The Morgan fingerprint density at radius 3 is 2.68 bits per heavy atom. The SMILES string of the molecule is FC(F)c1cc(C(F)F)n(C2CC(c3nc(C4=NOC(c5ccccc5OCC5CCCCC5)C4)cs3)CC[N]2)n1. The van der Waals surface area contributed by atoms with Gasteiger partial charge in [0, 0.05) is 29.8 Å². The zero-order valence-corrected chi connectivity index (χ0v) is 23.3. The molecule has 0 bridgehead atoms. The number of ether oxygens (including phenoxy) is 1. The maximum absolute atomic E-state index is 13.6. The molecule has 0 amide bonds. The van der Waals surface area contributed by atoms with Crippen molar-refractivity contribution in [3.8, 4) is 5.75 Å². The Kier molecular flexibility index (Phi) is 8.57. The number of halogens is 4. The van der Waals surface area contributed by atoms with Crippen molar-refractivity contribution in [2.45, 2.75) is 82.4 Å². The lowest BCUT2D eigenvalue weighted by molar-refractivity contribution is 0.0820. The number of nitrogens with zero attached hydrogens (tertiary/aromatic N) is 5. The fourth-order valence-electron chi connectivity index (χ4n) is 5.91. The van der Waals surface area contributed by atoms with E-state index in [1.54, 1.807) is 0 Å². The molecule has 1 aromatic carbocycles. The molecule has 1 aliphatic carbocycles. The predicted octanol–water partition coefficient (Wildman–Crippen LogP) is 7.72. The molecule has 3 aliphatic rings. The molecular formula is C29H32F4N5O2S. The second-order valence-corrected chi connectivity index (χ2v) is 11.8. The van der Waals surface area contributed by atoms with Crippen LogP contribution < -0.4 is 10.1 Å². The Bertz CT molecular complexity index is 1360. The van der Waals surface area contributed by atoms with Crippen LogP contribution in [0.25, 0.3) is 0 Å². The monoisotopic (exact) mass is 590 g/mol. The average Bonchev–Trinajstić information content (AvgIpc) is 3.76. The molecule has 2 aliphatic heterocycles. The summed E-state index contributed by atoms with van der Waals surface area (Å²) in [6.45, 7) is 1.11.